The highest BCUT2D eigenvalue weighted by molar-refractivity contribution is 5.52. The van der Waals surface area contributed by atoms with E-state index in [0.29, 0.717) is 13.0 Å². The van der Waals surface area contributed by atoms with Crippen LogP contribution in [-0.4, -0.2) is 29.3 Å². The molecule has 0 spiro atoms. The van der Waals surface area contributed by atoms with Gasteiger partial charge in [-0.3, -0.25) is 5.32 Å². The van der Waals surface area contributed by atoms with Crippen molar-refractivity contribution < 1.29 is 4.74 Å². The van der Waals surface area contributed by atoms with Gasteiger partial charge < -0.3 is 9.30 Å². The molecule has 7 rings (SSSR count). The smallest absolute Gasteiger partial charge is 0.121 e. The molecule has 0 radical (unpaired) electrons. The molecule has 1 N–H and O–H groups in total. The van der Waals surface area contributed by atoms with Gasteiger partial charge in [-0.25, -0.2) is 4.98 Å². The third-order valence-corrected chi connectivity index (χ3v) is 9.46. The Labute approximate surface area is 289 Å². The van der Waals surface area contributed by atoms with Crippen LogP contribution in [0.4, 0.5) is 0 Å². The molecule has 0 aliphatic carbocycles. The van der Waals surface area contributed by atoms with Crippen molar-refractivity contribution in [3.8, 4) is 0 Å². The van der Waals surface area contributed by atoms with Gasteiger partial charge in [0.1, 0.15) is 5.54 Å². The van der Waals surface area contributed by atoms with Crippen molar-refractivity contribution in [2.24, 2.45) is 0 Å². The average Bonchev–Trinajstić information content (AvgIpc) is 3.65. The van der Waals surface area contributed by atoms with Gasteiger partial charge in [-0.1, -0.05) is 182 Å². The van der Waals surface area contributed by atoms with Crippen molar-refractivity contribution in [3.63, 3.8) is 0 Å². The molecule has 0 fully saturated rings. The summed E-state index contributed by atoms with van der Waals surface area (Å²) in [5, 5.41) is 4.13. The first-order valence-corrected chi connectivity index (χ1v) is 16.9. The van der Waals surface area contributed by atoms with Crippen molar-refractivity contribution in [2.75, 3.05) is 13.7 Å². The van der Waals surface area contributed by atoms with Gasteiger partial charge in [-0.2, -0.15) is 0 Å². The second kappa shape index (κ2) is 14.7. The minimum atomic E-state index is -0.628. The van der Waals surface area contributed by atoms with E-state index in [9.17, 15) is 0 Å². The zero-order valence-electron chi connectivity index (χ0n) is 27.8. The lowest BCUT2D eigenvalue weighted by molar-refractivity contribution is 0.155. The van der Waals surface area contributed by atoms with Crippen LogP contribution < -0.4 is 5.32 Å². The number of aromatic nitrogens is 2. The van der Waals surface area contributed by atoms with Gasteiger partial charge in [0.25, 0.3) is 0 Å². The molecule has 242 valence electrons. The molecule has 4 heteroatoms. The number of ether oxygens (including phenoxy) is 1. The molecule has 1 heterocycles. The predicted octanol–water partition coefficient (Wildman–Crippen LogP) is 8.86. The number of nitrogens with one attached hydrogen (secondary N) is 1. The van der Waals surface area contributed by atoms with Gasteiger partial charge in [-0.05, 0) is 33.4 Å². The van der Waals surface area contributed by atoms with Crippen molar-refractivity contribution in [2.45, 2.75) is 23.5 Å². The highest BCUT2D eigenvalue weighted by atomic mass is 16.5. The van der Waals surface area contributed by atoms with Crippen LogP contribution in [0.1, 0.15) is 39.1 Å². The molecule has 0 saturated heterocycles. The fourth-order valence-corrected chi connectivity index (χ4v) is 7.36. The zero-order chi connectivity index (χ0) is 33.4. The molecular weight excluding hydrogens is 599 g/mol. The molecule has 0 amide bonds. The molecule has 1 aromatic heterocycles. The number of hydrogen-bond donors (Lipinski definition) is 1. The summed E-state index contributed by atoms with van der Waals surface area (Å²) in [6, 6.07) is 64.2. The van der Waals surface area contributed by atoms with Gasteiger partial charge in [0.15, 0.2) is 0 Å². The first kappa shape index (κ1) is 32.0. The van der Waals surface area contributed by atoms with Crippen molar-refractivity contribution >= 4 is 0 Å². The molecule has 6 aromatic carbocycles. The normalized spacial score (nSPS) is 12.4. The number of rotatable bonds is 13. The standard InChI is InChI=1S/C45H41N3O/c1-49-34-43(47-44(36-20-8-2-9-21-36,37-22-10-3-11-23-37)38-24-12-4-13-25-38)32-42-33-48(35-46-42)45(39-26-14-5-15-27-39,40-28-16-6-17-29-40)41-30-18-7-19-31-41/h2-31,33,35,43,47H,32,34H2,1H3/t43-/m0/s1. The highest BCUT2D eigenvalue weighted by Crippen LogP contribution is 2.41. The second-order valence-electron chi connectivity index (χ2n) is 12.4. The van der Waals surface area contributed by atoms with E-state index >= 15 is 0 Å². The highest BCUT2D eigenvalue weighted by Gasteiger charge is 2.40. The summed E-state index contributed by atoms with van der Waals surface area (Å²) < 4.78 is 8.20. The second-order valence-corrected chi connectivity index (χ2v) is 12.4. The maximum absolute atomic E-state index is 5.91. The Kier molecular flexibility index (Phi) is 9.60. The van der Waals surface area contributed by atoms with Crippen LogP contribution in [0, 0.1) is 0 Å². The number of benzene rings is 6. The van der Waals surface area contributed by atoms with Gasteiger partial charge in [0, 0.05) is 25.8 Å². The Morgan fingerprint density at radius 2 is 0.878 bits per heavy atom. The van der Waals surface area contributed by atoms with E-state index in [1.54, 1.807) is 7.11 Å². The van der Waals surface area contributed by atoms with Crippen LogP contribution in [-0.2, 0) is 22.2 Å². The maximum atomic E-state index is 5.91. The van der Waals surface area contributed by atoms with E-state index in [1.165, 1.54) is 16.7 Å². The van der Waals surface area contributed by atoms with Crippen LogP contribution in [0.15, 0.2) is 195 Å². The van der Waals surface area contributed by atoms with Crippen LogP contribution in [0.5, 0.6) is 0 Å². The maximum Gasteiger partial charge on any atom is 0.121 e. The largest absolute Gasteiger partial charge is 0.383 e. The van der Waals surface area contributed by atoms with E-state index in [0.717, 1.165) is 22.4 Å². The number of methoxy groups -OCH3 is 1. The fraction of sp³-hybridized carbons (Fsp3) is 0.133. The van der Waals surface area contributed by atoms with E-state index in [1.807, 2.05) is 6.33 Å². The Morgan fingerprint density at radius 1 is 0.531 bits per heavy atom. The molecule has 7 aromatic rings. The molecule has 0 aliphatic heterocycles. The van der Waals surface area contributed by atoms with Crippen LogP contribution in [0.2, 0.25) is 0 Å². The fourth-order valence-electron chi connectivity index (χ4n) is 7.36. The predicted molar refractivity (Wildman–Crippen MR) is 199 cm³/mol. The first-order valence-electron chi connectivity index (χ1n) is 16.9. The third-order valence-electron chi connectivity index (χ3n) is 9.46. The van der Waals surface area contributed by atoms with Crippen LogP contribution >= 0.6 is 0 Å². The molecule has 0 aliphatic rings. The van der Waals surface area contributed by atoms with Gasteiger partial charge in [0.05, 0.1) is 24.2 Å². The number of nitrogens with zero attached hydrogens (tertiary/aromatic N) is 2. The van der Waals surface area contributed by atoms with E-state index in [4.69, 9.17) is 9.72 Å². The first-order chi connectivity index (χ1) is 24.2. The quantitative estimate of drug-likeness (QED) is 0.128. The lowest BCUT2D eigenvalue weighted by Crippen LogP contribution is -2.52. The summed E-state index contributed by atoms with van der Waals surface area (Å²) in [4.78, 5) is 5.10. The summed E-state index contributed by atoms with van der Waals surface area (Å²) >= 11 is 0. The zero-order valence-corrected chi connectivity index (χ0v) is 27.8. The molecular formula is C45H41N3O. The molecule has 4 nitrogen and oxygen atoms in total. The van der Waals surface area contributed by atoms with Crippen molar-refractivity contribution in [1.29, 1.82) is 0 Å². The lowest BCUT2D eigenvalue weighted by atomic mass is 9.76. The van der Waals surface area contributed by atoms with Crippen LogP contribution in [0.3, 0.4) is 0 Å². The van der Waals surface area contributed by atoms with Crippen LogP contribution in [0.25, 0.3) is 0 Å². The van der Waals surface area contributed by atoms with E-state index in [2.05, 4.69) is 198 Å². The van der Waals surface area contributed by atoms with Gasteiger partial charge >= 0.3 is 0 Å². The average molecular weight is 640 g/mol. The Morgan fingerprint density at radius 3 is 1.22 bits per heavy atom. The lowest BCUT2D eigenvalue weighted by Gasteiger charge is -2.40. The Bertz CT molecular complexity index is 1820. The summed E-state index contributed by atoms with van der Waals surface area (Å²) in [5.41, 5.74) is 6.71. The number of hydrogen-bond acceptors (Lipinski definition) is 3. The third kappa shape index (κ3) is 6.25. The van der Waals surface area contributed by atoms with E-state index in [-0.39, 0.29) is 6.04 Å². The Balaban J connectivity index is 1.34. The van der Waals surface area contributed by atoms with Crippen molar-refractivity contribution in [1.82, 2.24) is 14.9 Å². The molecule has 0 saturated carbocycles. The molecule has 0 bridgehead atoms. The summed E-state index contributed by atoms with van der Waals surface area (Å²) in [7, 11) is 1.77. The topological polar surface area (TPSA) is 39.1 Å². The molecule has 0 unspecified atom stereocenters. The summed E-state index contributed by atoms with van der Waals surface area (Å²) in [6.45, 7) is 0.502. The molecule has 49 heavy (non-hydrogen) atoms. The van der Waals surface area contributed by atoms with Gasteiger partial charge in [0.2, 0.25) is 0 Å². The summed E-state index contributed by atoms with van der Waals surface area (Å²) in [5.74, 6) is 0. The van der Waals surface area contributed by atoms with E-state index < -0.39 is 11.1 Å². The SMILES string of the molecule is COC[C@H](Cc1cn(C(c2ccccc2)(c2ccccc2)c2ccccc2)cn1)NC(c1ccccc1)(c1ccccc1)c1ccccc1. The van der Waals surface area contributed by atoms with Crippen molar-refractivity contribution in [3.05, 3.63) is 234 Å². The monoisotopic (exact) mass is 639 g/mol. The minimum Gasteiger partial charge on any atom is -0.383 e. The minimum absolute atomic E-state index is 0.0754. The molecule has 1 atom stereocenters. The number of imidazole rings is 1. The Hall–Kier alpha value is -5.55. The van der Waals surface area contributed by atoms with Gasteiger partial charge in [-0.15, -0.1) is 0 Å². The summed E-state index contributed by atoms with van der Waals surface area (Å²) in [6.07, 6.45) is 4.86.